The average molecular weight is 271 g/mol. The van der Waals surface area contributed by atoms with Crippen LogP contribution < -0.4 is 11.1 Å². The molecule has 0 saturated carbocycles. The van der Waals surface area contributed by atoms with Crippen LogP contribution in [0.15, 0.2) is 36.5 Å². The first kappa shape index (κ1) is 15.7. The largest absolute Gasteiger partial charge is 0.384 e. The van der Waals surface area contributed by atoms with Crippen LogP contribution in [0.3, 0.4) is 0 Å². The van der Waals surface area contributed by atoms with Crippen molar-refractivity contribution >= 4 is 17.4 Å². The Bertz CT molecular complexity index is 577. The second-order valence-corrected chi connectivity index (χ2v) is 4.24. The maximum atomic E-state index is 12.0. The molecule has 106 valence electrons. The molecule has 4 heteroatoms. The van der Waals surface area contributed by atoms with E-state index >= 15 is 0 Å². The fourth-order valence-corrected chi connectivity index (χ4v) is 1.69. The van der Waals surface area contributed by atoms with Gasteiger partial charge < -0.3 is 11.1 Å². The van der Waals surface area contributed by atoms with Crippen molar-refractivity contribution in [1.82, 2.24) is 4.98 Å². The molecule has 0 unspecified atom stereocenters. The molecule has 1 heterocycles. The van der Waals surface area contributed by atoms with Gasteiger partial charge in [0, 0.05) is 11.9 Å². The molecule has 1 aromatic carbocycles. The van der Waals surface area contributed by atoms with Crippen LogP contribution in [-0.4, -0.2) is 10.9 Å². The van der Waals surface area contributed by atoms with Crippen LogP contribution in [-0.2, 0) is 0 Å². The zero-order chi connectivity index (χ0) is 15.1. The summed E-state index contributed by atoms with van der Waals surface area (Å²) < 4.78 is 0. The monoisotopic (exact) mass is 271 g/mol. The lowest BCUT2D eigenvalue weighted by Gasteiger charge is -2.09. The summed E-state index contributed by atoms with van der Waals surface area (Å²) >= 11 is 0. The number of nitrogens with one attached hydrogen (secondary N) is 1. The molecule has 0 bridgehead atoms. The number of hydrogen-bond donors (Lipinski definition) is 2. The fraction of sp³-hybridized carbons (Fsp3) is 0.250. The molecule has 1 amide bonds. The summed E-state index contributed by atoms with van der Waals surface area (Å²) in [6.07, 6.45) is 1.47. The van der Waals surface area contributed by atoms with E-state index in [2.05, 4.69) is 10.3 Å². The summed E-state index contributed by atoms with van der Waals surface area (Å²) in [6, 6.07) is 9.14. The normalized spacial score (nSPS) is 9.40. The highest BCUT2D eigenvalue weighted by molar-refractivity contribution is 6.04. The molecule has 0 aliphatic rings. The van der Waals surface area contributed by atoms with E-state index < -0.39 is 0 Å². The summed E-state index contributed by atoms with van der Waals surface area (Å²) in [5.74, 6) is 0.215. The van der Waals surface area contributed by atoms with E-state index in [-0.39, 0.29) is 5.91 Å². The van der Waals surface area contributed by atoms with Gasteiger partial charge in [-0.15, -0.1) is 0 Å². The lowest BCUT2D eigenvalue weighted by molar-refractivity contribution is 0.102. The van der Waals surface area contributed by atoms with Crippen molar-refractivity contribution in [3.05, 3.63) is 53.2 Å². The number of carbonyl (C=O) groups is 1. The number of benzene rings is 1. The number of nitrogen functional groups attached to an aromatic ring is 1. The molecule has 0 spiro atoms. The van der Waals surface area contributed by atoms with Gasteiger partial charge >= 0.3 is 0 Å². The first-order valence-electron chi connectivity index (χ1n) is 6.66. The Kier molecular flexibility index (Phi) is 5.72. The minimum atomic E-state index is -0.186. The number of rotatable bonds is 2. The third-order valence-electron chi connectivity index (χ3n) is 2.68. The standard InChI is InChI=1S/C14H15N3O.C2H6/c1-9-3-5-12(10(2)7-9)17-14(18)11-4-6-13(15)16-8-11;1-2/h3-8H,1-2H3,(H2,15,16)(H,17,18);1-2H3. The van der Waals surface area contributed by atoms with Crippen LogP contribution in [0.2, 0.25) is 0 Å². The van der Waals surface area contributed by atoms with E-state index in [4.69, 9.17) is 5.73 Å². The third kappa shape index (κ3) is 4.09. The lowest BCUT2D eigenvalue weighted by Crippen LogP contribution is -2.13. The quantitative estimate of drug-likeness (QED) is 0.877. The van der Waals surface area contributed by atoms with Crippen LogP contribution in [0.5, 0.6) is 0 Å². The first-order valence-corrected chi connectivity index (χ1v) is 6.66. The summed E-state index contributed by atoms with van der Waals surface area (Å²) in [5.41, 5.74) is 8.98. The maximum Gasteiger partial charge on any atom is 0.257 e. The molecule has 4 nitrogen and oxygen atoms in total. The second kappa shape index (κ2) is 7.28. The van der Waals surface area contributed by atoms with Gasteiger partial charge in [-0.1, -0.05) is 31.5 Å². The lowest BCUT2D eigenvalue weighted by atomic mass is 10.1. The number of nitrogens with zero attached hydrogens (tertiary/aromatic N) is 1. The number of carbonyl (C=O) groups excluding carboxylic acids is 1. The fourth-order valence-electron chi connectivity index (χ4n) is 1.69. The Morgan fingerprint density at radius 2 is 1.85 bits per heavy atom. The van der Waals surface area contributed by atoms with Crippen molar-refractivity contribution in [3.63, 3.8) is 0 Å². The molecule has 0 radical (unpaired) electrons. The molecular weight excluding hydrogens is 250 g/mol. The molecule has 20 heavy (non-hydrogen) atoms. The Hall–Kier alpha value is -2.36. The predicted molar refractivity (Wildman–Crippen MR) is 83.9 cm³/mol. The molecule has 0 saturated heterocycles. The summed E-state index contributed by atoms with van der Waals surface area (Å²) in [7, 11) is 0. The first-order chi connectivity index (χ1) is 9.56. The molecule has 3 N–H and O–H groups in total. The van der Waals surface area contributed by atoms with Crippen molar-refractivity contribution < 1.29 is 4.79 Å². The summed E-state index contributed by atoms with van der Waals surface area (Å²) in [6.45, 7) is 7.98. The smallest absolute Gasteiger partial charge is 0.257 e. The highest BCUT2D eigenvalue weighted by Gasteiger charge is 2.07. The van der Waals surface area contributed by atoms with Crippen molar-refractivity contribution in [1.29, 1.82) is 0 Å². The molecule has 2 aromatic rings. The number of hydrogen-bond acceptors (Lipinski definition) is 3. The molecule has 0 aliphatic carbocycles. The van der Waals surface area contributed by atoms with E-state index in [0.717, 1.165) is 11.3 Å². The van der Waals surface area contributed by atoms with E-state index in [1.165, 1.54) is 11.8 Å². The SMILES string of the molecule is CC.Cc1ccc(NC(=O)c2ccc(N)nc2)c(C)c1. The van der Waals surface area contributed by atoms with Gasteiger partial charge in [0.1, 0.15) is 5.82 Å². The van der Waals surface area contributed by atoms with Crippen LogP contribution in [0.4, 0.5) is 11.5 Å². The van der Waals surface area contributed by atoms with Crippen molar-refractivity contribution in [2.45, 2.75) is 27.7 Å². The zero-order valence-corrected chi connectivity index (χ0v) is 12.4. The Morgan fingerprint density at radius 1 is 1.15 bits per heavy atom. The zero-order valence-electron chi connectivity index (χ0n) is 12.4. The Morgan fingerprint density at radius 3 is 2.40 bits per heavy atom. The van der Waals surface area contributed by atoms with E-state index in [1.54, 1.807) is 12.1 Å². The van der Waals surface area contributed by atoms with E-state index in [1.807, 2.05) is 45.9 Å². The molecule has 0 fully saturated rings. The molecule has 2 rings (SSSR count). The molecule has 0 atom stereocenters. The van der Waals surface area contributed by atoms with Gasteiger partial charge in [0.05, 0.1) is 5.56 Å². The van der Waals surface area contributed by atoms with E-state index in [0.29, 0.717) is 11.4 Å². The van der Waals surface area contributed by atoms with Gasteiger partial charge in [-0.05, 0) is 37.6 Å². The number of nitrogens with two attached hydrogens (primary N) is 1. The Balaban J connectivity index is 0.000000956. The molecule has 1 aromatic heterocycles. The predicted octanol–water partition coefficient (Wildman–Crippen LogP) is 3.56. The third-order valence-corrected chi connectivity index (χ3v) is 2.68. The summed E-state index contributed by atoms with van der Waals surface area (Å²) in [5, 5.41) is 2.85. The van der Waals surface area contributed by atoms with Crippen LogP contribution in [0.1, 0.15) is 35.3 Å². The average Bonchev–Trinajstić information content (AvgIpc) is 2.45. The number of aryl methyl sites for hydroxylation is 2. The van der Waals surface area contributed by atoms with Gasteiger partial charge in [0.15, 0.2) is 0 Å². The van der Waals surface area contributed by atoms with Crippen LogP contribution in [0.25, 0.3) is 0 Å². The van der Waals surface area contributed by atoms with Crippen molar-refractivity contribution in [3.8, 4) is 0 Å². The van der Waals surface area contributed by atoms with Crippen LogP contribution in [0, 0.1) is 13.8 Å². The number of anilines is 2. The maximum absolute atomic E-state index is 12.0. The summed E-state index contributed by atoms with van der Waals surface area (Å²) in [4.78, 5) is 15.9. The van der Waals surface area contributed by atoms with Gasteiger partial charge in [-0.2, -0.15) is 0 Å². The van der Waals surface area contributed by atoms with Gasteiger partial charge in [0.2, 0.25) is 0 Å². The van der Waals surface area contributed by atoms with Crippen molar-refractivity contribution in [2.24, 2.45) is 0 Å². The van der Waals surface area contributed by atoms with Crippen molar-refractivity contribution in [2.75, 3.05) is 11.1 Å². The molecular formula is C16H21N3O. The van der Waals surface area contributed by atoms with Gasteiger partial charge in [-0.25, -0.2) is 4.98 Å². The van der Waals surface area contributed by atoms with Gasteiger partial charge in [0.25, 0.3) is 5.91 Å². The minimum absolute atomic E-state index is 0.186. The van der Waals surface area contributed by atoms with E-state index in [9.17, 15) is 4.79 Å². The second-order valence-electron chi connectivity index (χ2n) is 4.24. The number of amides is 1. The highest BCUT2D eigenvalue weighted by Crippen LogP contribution is 2.17. The number of aromatic nitrogens is 1. The van der Waals surface area contributed by atoms with Crippen LogP contribution >= 0.6 is 0 Å². The number of pyridine rings is 1. The minimum Gasteiger partial charge on any atom is -0.384 e. The van der Waals surface area contributed by atoms with Gasteiger partial charge in [-0.3, -0.25) is 4.79 Å². The molecule has 0 aliphatic heterocycles. The highest BCUT2D eigenvalue weighted by atomic mass is 16.1. The Labute approximate surface area is 120 Å². The topological polar surface area (TPSA) is 68.0 Å².